The second-order valence-corrected chi connectivity index (χ2v) is 8.35. The molecule has 1 heterocycles. The zero-order valence-corrected chi connectivity index (χ0v) is 18.7. The largest absolute Gasteiger partial charge is 0.378 e. The van der Waals surface area contributed by atoms with E-state index in [4.69, 9.17) is 4.99 Å². The number of hydrogen-bond acceptors (Lipinski definition) is 3. The highest BCUT2D eigenvalue weighted by molar-refractivity contribution is 9.10. The van der Waals surface area contributed by atoms with Crippen LogP contribution in [0.2, 0.25) is 0 Å². The normalized spacial score (nSPS) is 14.9. The van der Waals surface area contributed by atoms with E-state index in [0.717, 1.165) is 32.5 Å². The third kappa shape index (κ3) is 4.07. The Kier molecular flexibility index (Phi) is 5.55. The number of rotatable bonds is 4. The van der Waals surface area contributed by atoms with Crippen molar-refractivity contribution in [2.45, 2.75) is 6.92 Å². The van der Waals surface area contributed by atoms with Gasteiger partial charge in [0.05, 0.1) is 5.69 Å². The van der Waals surface area contributed by atoms with Crippen LogP contribution in [-0.4, -0.2) is 25.8 Å². The van der Waals surface area contributed by atoms with Gasteiger partial charge in [0.2, 0.25) is 0 Å². The molecule has 0 unspecified atom stereocenters. The molecule has 0 bridgehead atoms. The summed E-state index contributed by atoms with van der Waals surface area (Å²) in [7, 11) is 4.00. The van der Waals surface area contributed by atoms with Crippen molar-refractivity contribution in [3.63, 3.8) is 0 Å². The molecule has 0 aliphatic carbocycles. The fraction of sp³-hybridized carbons (Fsp3) is 0.120. The predicted octanol–water partition coefficient (Wildman–Crippen LogP) is 5.66. The predicted molar refractivity (Wildman–Crippen MR) is 128 cm³/mol. The number of amides is 1. The molecule has 5 heteroatoms. The molecule has 0 atom stereocenters. The van der Waals surface area contributed by atoms with Crippen molar-refractivity contribution >= 4 is 45.1 Å². The quantitative estimate of drug-likeness (QED) is 0.472. The maximum atomic E-state index is 13.4. The molecule has 0 radical (unpaired) electrons. The number of aryl methyl sites for hydroxylation is 1. The smallest absolute Gasteiger partial charge is 0.282 e. The molecule has 30 heavy (non-hydrogen) atoms. The van der Waals surface area contributed by atoms with Gasteiger partial charge >= 0.3 is 0 Å². The fourth-order valence-electron chi connectivity index (χ4n) is 3.35. The zero-order valence-electron chi connectivity index (χ0n) is 17.1. The lowest BCUT2D eigenvalue weighted by Crippen LogP contribution is -2.32. The van der Waals surface area contributed by atoms with Crippen molar-refractivity contribution in [3.8, 4) is 0 Å². The molecule has 0 fully saturated rings. The van der Waals surface area contributed by atoms with Crippen molar-refractivity contribution < 1.29 is 4.79 Å². The van der Waals surface area contributed by atoms with E-state index in [-0.39, 0.29) is 5.91 Å². The summed E-state index contributed by atoms with van der Waals surface area (Å²) in [5.41, 5.74) is 5.29. The number of carbonyl (C=O) groups is 1. The van der Waals surface area contributed by atoms with Crippen LogP contribution >= 0.6 is 15.9 Å². The number of carbonyl (C=O) groups excluding carboxylic acids is 1. The molecule has 0 aromatic heterocycles. The Labute approximate surface area is 185 Å². The Morgan fingerprint density at radius 3 is 2.30 bits per heavy atom. The molecule has 0 spiro atoms. The van der Waals surface area contributed by atoms with Gasteiger partial charge in [0.25, 0.3) is 5.91 Å². The van der Waals surface area contributed by atoms with E-state index in [9.17, 15) is 4.79 Å². The van der Waals surface area contributed by atoms with Crippen molar-refractivity contribution in [2.24, 2.45) is 4.99 Å². The van der Waals surface area contributed by atoms with Crippen LogP contribution in [0.5, 0.6) is 0 Å². The maximum Gasteiger partial charge on any atom is 0.282 e. The van der Waals surface area contributed by atoms with E-state index >= 15 is 0 Å². The number of amidine groups is 1. The molecule has 0 saturated carbocycles. The van der Waals surface area contributed by atoms with E-state index in [1.807, 2.05) is 105 Å². The first-order chi connectivity index (χ1) is 14.4. The number of hydrogen-bond donors (Lipinski definition) is 0. The summed E-state index contributed by atoms with van der Waals surface area (Å²) in [6, 6.07) is 23.8. The van der Waals surface area contributed by atoms with Crippen LogP contribution in [0.3, 0.4) is 0 Å². The summed E-state index contributed by atoms with van der Waals surface area (Å²) < 4.78 is 0.962. The van der Waals surface area contributed by atoms with Gasteiger partial charge in [-0.1, -0.05) is 51.8 Å². The summed E-state index contributed by atoms with van der Waals surface area (Å²) in [5, 5.41) is 0. The molecule has 4 nitrogen and oxygen atoms in total. The third-order valence-corrected chi connectivity index (χ3v) is 5.46. The second kappa shape index (κ2) is 8.28. The van der Waals surface area contributed by atoms with Crippen molar-refractivity contribution in [3.05, 3.63) is 99.7 Å². The topological polar surface area (TPSA) is 35.9 Å². The van der Waals surface area contributed by atoms with Crippen LogP contribution in [0.1, 0.15) is 16.7 Å². The molecule has 1 aliphatic heterocycles. The Morgan fingerprint density at radius 1 is 0.967 bits per heavy atom. The van der Waals surface area contributed by atoms with Crippen LogP contribution in [0, 0.1) is 6.92 Å². The van der Waals surface area contributed by atoms with E-state index in [1.165, 1.54) is 0 Å². The molecule has 4 rings (SSSR count). The van der Waals surface area contributed by atoms with Crippen LogP contribution in [0.4, 0.5) is 11.4 Å². The molecular weight excluding hydrogens is 438 g/mol. The first-order valence-electron chi connectivity index (χ1n) is 9.67. The molecule has 1 amide bonds. The number of nitrogens with zero attached hydrogens (tertiary/aromatic N) is 3. The average molecular weight is 460 g/mol. The van der Waals surface area contributed by atoms with Crippen molar-refractivity contribution in [1.29, 1.82) is 0 Å². The highest BCUT2D eigenvalue weighted by Gasteiger charge is 2.32. The lowest BCUT2D eigenvalue weighted by Gasteiger charge is -2.19. The standard InChI is InChI=1S/C25H22BrN3O/c1-17-5-4-6-19(15-17)24-27-23(16-18-7-11-21(12-8-18)28(2)3)25(30)29(24)22-13-9-20(26)10-14-22/h4-16H,1-3H3/b23-16+. The Hall–Kier alpha value is -3.18. The van der Waals surface area contributed by atoms with E-state index in [0.29, 0.717) is 11.5 Å². The molecule has 0 saturated heterocycles. The van der Waals surface area contributed by atoms with Gasteiger partial charge in [-0.2, -0.15) is 0 Å². The highest BCUT2D eigenvalue weighted by Crippen LogP contribution is 2.29. The van der Waals surface area contributed by atoms with Gasteiger partial charge in [-0.25, -0.2) is 4.99 Å². The number of aliphatic imine (C=N–C) groups is 1. The minimum atomic E-state index is -0.134. The number of anilines is 2. The lowest BCUT2D eigenvalue weighted by molar-refractivity contribution is -0.113. The van der Waals surface area contributed by atoms with Gasteiger partial charge < -0.3 is 4.90 Å². The van der Waals surface area contributed by atoms with Crippen molar-refractivity contribution in [2.75, 3.05) is 23.9 Å². The second-order valence-electron chi connectivity index (χ2n) is 7.44. The van der Waals surface area contributed by atoms with Crippen LogP contribution in [0.25, 0.3) is 6.08 Å². The summed E-state index contributed by atoms with van der Waals surface area (Å²) in [4.78, 5) is 21.8. The molecule has 1 aliphatic rings. The Morgan fingerprint density at radius 2 is 1.67 bits per heavy atom. The molecular formula is C25H22BrN3O. The van der Waals surface area contributed by atoms with Crippen LogP contribution in [-0.2, 0) is 4.79 Å². The van der Waals surface area contributed by atoms with E-state index < -0.39 is 0 Å². The van der Waals surface area contributed by atoms with Gasteiger partial charge in [0, 0.05) is 29.8 Å². The van der Waals surface area contributed by atoms with Gasteiger partial charge in [0.1, 0.15) is 11.5 Å². The van der Waals surface area contributed by atoms with Gasteiger partial charge in [-0.05, 0) is 61.0 Å². The van der Waals surface area contributed by atoms with Crippen LogP contribution in [0.15, 0.2) is 88.0 Å². The third-order valence-electron chi connectivity index (χ3n) is 4.93. The van der Waals surface area contributed by atoms with Crippen LogP contribution < -0.4 is 9.80 Å². The Balaban J connectivity index is 1.78. The zero-order chi connectivity index (χ0) is 21.3. The molecule has 3 aromatic carbocycles. The first-order valence-corrected chi connectivity index (χ1v) is 10.5. The van der Waals surface area contributed by atoms with E-state index in [2.05, 4.69) is 15.9 Å². The van der Waals surface area contributed by atoms with Gasteiger partial charge in [0.15, 0.2) is 0 Å². The molecule has 150 valence electrons. The van der Waals surface area contributed by atoms with Gasteiger partial charge in [-0.15, -0.1) is 0 Å². The fourth-order valence-corrected chi connectivity index (χ4v) is 3.62. The first kappa shape index (κ1) is 20.1. The number of benzene rings is 3. The Bertz CT molecular complexity index is 1150. The van der Waals surface area contributed by atoms with Gasteiger partial charge in [-0.3, -0.25) is 9.69 Å². The van der Waals surface area contributed by atoms with E-state index in [1.54, 1.807) is 4.90 Å². The lowest BCUT2D eigenvalue weighted by atomic mass is 10.1. The number of halogens is 1. The maximum absolute atomic E-state index is 13.4. The minimum absolute atomic E-state index is 0.134. The summed E-state index contributed by atoms with van der Waals surface area (Å²) in [5.74, 6) is 0.507. The molecule has 0 N–H and O–H groups in total. The molecule has 3 aromatic rings. The monoisotopic (exact) mass is 459 g/mol. The highest BCUT2D eigenvalue weighted by atomic mass is 79.9. The summed E-state index contributed by atoms with van der Waals surface area (Å²) in [6.07, 6.45) is 1.84. The minimum Gasteiger partial charge on any atom is -0.378 e. The average Bonchev–Trinajstić information content (AvgIpc) is 3.05. The van der Waals surface area contributed by atoms with Crippen molar-refractivity contribution in [1.82, 2.24) is 0 Å². The SMILES string of the molecule is Cc1cccc(C2=N/C(=C/c3ccc(N(C)C)cc3)C(=O)N2c2ccc(Br)cc2)c1. The summed E-state index contributed by atoms with van der Waals surface area (Å²) >= 11 is 3.46. The summed E-state index contributed by atoms with van der Waals surface area (Å²) in [6.45, 7) is 2.04.